The van der Waals surface area contributed by atoms with Crippen LogP contribution in [0.1, 0.15) is 11.3 Å². The largest absolute Gasteiger partial charge is 0.378 e. The summed E-state index contributed by atoms with van der Waals surface area (Å²) in [6.45, 7) is 6.35. The van der Waals surface area contributed by atoms with Gasteiger partial charge in [0.05, 0.1) is 18.1 Å². The maximum absolute atomic E-state index is 13.3. The zero-order valence-electron chi connectivity index (χ0n) is 17.8. The number of morpholine rings is 1. The summed E-state index contributed by atoms with van der Waals surface area (Å²) in [5, 5.41) is 3.16. The number of hydrogen-bond acceptors (Lipinski definition) is 7. The normalized spacial score (nSPS) is 14.3. The Bertz CT molecular complexity index is 1210. The summed E-state index contributed by atoms with van der Waals surface area (Å²) in [4.78, 5) is 11.2. The quantitative estimate of drug-likeness (QED) is 0.584. The molecule has 32 heavy (non-hydrogen) atoms. The lowest BCUT2D eigenvalue weighted by Crippen LogP contribution is -2.36. The first-order valence-corrected chi connectivity index (χ1v) is 11.6. The Morgan fingerprint density at radius 2 is 1.66 bits per heavy atom. The van der Waals surface area contributed by atoms with Crippen molar-refractivity contribution in [3.63, 3.8) is 0 Å². The zero-order valence-corrected chi connectivity index (χ0v) is 18.6. The third kappa shape index (κ3) is 5.14. The molecule has 1 aliphatic rings. The first-order chi connectivity index (χ1) is 15.3. The summed E-state index contributed by atoms with van der Waals surface area (Å²) in [6.07, 6.45) is 0. The minimum absolute atomic E-state index is 0.0323. The van der Waals surface area contributed by atoms with Gasteiger partial charge in [0.2, 0.25) is 5.95 Å². The van der Waals surface area contributed by atoms with Crippen molar-refractivity contribution in [2.75, 3.05) is 41.2 Å². The molecule has 0 unspecified atom stereocenters. The molecule has 1 saturated heterocycles. The average molecular weight is 458 g/mol. The number of rotatable bonds is 6. The van der Waals surface area contributed by atoms with Crippen LogP contribution >= 0.6 is 0 Å². The van der Waals surface area contributed by atoms with Crippen molar-refractivity contribution in [3.8, 4) is 0 Å². The molecular weight excluding hydrogens is 433 g/mol. The lowest BCUT2D eigenvalue weighted by atomic mass is 10.2. The molecule has 2 N–H and O–H groups in total. The molecule has 1 aliphatic heterocycles. The molecule has 2 aromatic carbocycles. The number of nitrogens with zero attached hydrogens (tertiary/aromatic N) is 3. The number of ether oxygens (including phenoxy) is 1. The summed E-state index contributed by atoms with van der Waals surface area (Å²) in [7, 11) is -3.83. The van der Waals surface area contributed by atoms with Crippen molar-refractivity contribution < 1.29 is 17.5 Å². The highest BCUT2D eigenvalue weighted by molar-refractivity contribution is 7.92. The summed E-state index contributed by atoms with van der Waals surface area (Å²) < 4.78 is 46.5. The number of aryl methyl sites for hydroxylation is 2. The maximum Gasteiger partial charge on any atom is 0.262 e. The summed E-state index contributed by atoms with van der Waals surface area (Å²) >= 11 is 0. The van der Waals surface area contributed by atoms with Crippen molar-refractivity contribution in [3.05, 3.63) is 65.6 Å². The molecule has 2 heterocycles. The number of aromatic nitrogens is 2. The van der Waals surface area contributed by atoms with Gasteiger partial charge in [-0.2, -0.15) is 4.98 Å². The minimum Gasteiger partial charge on any atom is -0.378 e. The standard InChI is InChI=1S/C22H24FN5O3S/c1-15-13-17(23)3-8-20(15)32(29,30)27-19-6-4-18(5-7-19)25-22-24-16(2)14-21(26-22)28-9-11-31-12-10-28/h3-8,13-14,27H,9-12H2,1-2H3,(H,24,25,26). The van der Waals surface area contributed by atoms with E-state index in [0.29, 0.717) is 36.1 Å². The Labute approximate surface area is 186 Å². The van der Waals surface area contributed by atoms with E-state index >= 15 is 0 Å². The summed E-state index contributed by atoms with van der Waals surface area (Å²) in [6, 6.07) is 12.2. The average Bonchev–Trinajstić information content (AvgIpc) is 2.75. The van der Waals surface area contributed by atoms with Crippen molar-refractivity contribution >= 4 is 33.2 Å². The fourth-order valence-corrected chi connectivity index (χ4v) is 4.72. The topological polar surface area (TPSA) is 96.5 Å². The van der Waals surface area contributed by atoms with Gasteiger partial charge in [0.25, 0.3) is 10.0 Å². The van der Waals surface area contributed by atoms with E-state index in [9.17, 15) is 12.8 Å². The van der Waals surface area contributed by atoms with E-state index < -0.39 is 15.8 Å². The second-order valence-electron chi connectivity index (χ2n) is 7.51. The highest BCUT2D eigenvalue weighted by Crippen LogP contribution is 2.23. The van der Waals surface area contributed by atoms with E-state index in [-0.39, 0.29) is 4.90 Å². The molecule has 8 nitrogen and oxygen atoms in total. The fraction of sp³-hybridized carbons (Fsp3) is 0.273. The van der Waals surface area contributed by atoms with Gasteiger partial charge in [-0.1, -0.05) is 0 Å². The van der Waals surface area contributed by atoms with E-state index in [1.54, 1.807) is 31.2 Å². The molecule has 1 fully saturated rings. The molecule has 3 aromatic rings. The highest BCUT2D eigenvalue weighted by Gasteiger charge is 2.18. The van der Waals surface area contributed by atoms with Crippen molar-refractivity contribution in [2.24, 2.45) is 0 Å². The molecule has 0 aliphatic carbocycles. The Balaban J connectivity index is 1.48. The van der Waals surface area contributed by atoms with Gasteiger partial charge < -0.3 is 15.0 Å². The van der Waals surface area contributed by atoms with Gasteiger partial charge in [0.1, 0.15) is 11.6 Å². The molecule has 10 heteroatoms. The summed E-state index contributed by atoms with van der Waals surface area (Å²) in [5.41, 5.74) is 2.27. The Hall–Kier alpha value is -3.24. The maximum atomic E-state index is 13.3. The predicted octanol–water partition coefficient (Wildman–Crippen LogP) is 3.61. The molecule has 0 saturated carbocycles. The van der Waals surface area contributed by atoms with E-state index in [0.717, 1.165) is 30.7 Å². The molecule has 0 spiro atoms. The zero-order chi connectivity index (χ0) is 22.7. The fourth-order valence-electron chi connectivity index (χ4n) is 3.44. The van der Waals surface area contributed by atoms with Crippen LogP contribution in [0.3, 0.4) is 0 Å². The molecule has 0 bridgehead atoms. The van der Waals surface area contributed by atoms with Gasteiger partial charge in [-0.05, 0) is 61.9 Å². The molecule has 4 rings (SSSR count). The van der Waals surface area contributed by atoms with E-state index in [1.165, 1.54) is 12.1 Å². The monoisotopic (exact) mass is 457 g/mol. The van der Waals surface area contributed by atoms with Gasteiger partial charge in [0.15, 0.2) is 0 Å². The van der Waals surface area contributed by atoms with Crippen LogP contribution in [0.25, 0.3) is 0 Å². The van der Waals surface area contributed by atoms with Crippen LogP contribution < -0.4 is 14.9 Å². The third-order valence-corrected chi connectivity index (χ3v) is 6.54. The van der Waals surface area contributed by atoms with Crippen LogP contribution in [0.5, 0.6) is 0 Å². The van der Waals surface area contributed by atoms with E-state index in [2.05, 4.69) is 24.9 Å². The third-order valence-electron chi connectivity index (χ3n) is 5.00. The second kappa shape index (κ2) is 9.09. The van der Waals surface area contributed by atoms with Crippen molar-refractivity contribution in [1.82, 2.24) is 9.97 Å². The number of benzene rings is 2. The van der Waals surface area contributed by atoms with Crippen molar-refractivity contribution in [2.45, 2.75) is 18.7 Å². The number of sulfonamides is 1. The van der Waals surface area contributed by atoms with Crippen LogP contribution in [0.2, 0.25) is 0 Å². The van der Waals surface area contributed by atoms with Gasteiger partial charge >= 0.3 is 0 Å². The molecule has 168 valence electrons. The minimum atomic E-state index is -3.83. The number of hydrogen-bond donors (Lipinski definition) is 2. The first kappa shape index (κ1) is 22.0. The van der Waals surface area contributed by atoms with Gasteiger partial charge in [-0.25, -0.2) is 17.8 Å². The van der Waals surface area contributed by atoms with Crippen LogP contribution in [-0.2, 0) is 14.8 Å². The lowest BCUT2D eigenvalue weighted by molar-refractivity contribution is 0.122. The van der Waals surface area contributed by atoms with Crippen LogP contribution in [0, 0.1) is 19.7 Å². The Morgan fingerprint density at radius 1 is 0.969 bits per heavy atom. The smallest absolute Gasteiger partial charge is 0.262 e. The number of nitrogens with one attached hydrogen (secondary N) is 2. The lowest BCUT2D eigenvalue weighted by Gasteiger charge is -2.28. The Kier molecular flexibility index (Phi) is 6.24. The number of halogens is 1. The number of anilines is 4. The predicted molar refractivity (Wildman–Crippen MR) is 121 cm³/mol. The first-order valence-electron chi connectivity index (χ1n) is 10.1. The Morgan fingerprint density at radius 3 is 2.34 bits per heavy atom. The van der Waals surface area contributed by atoms with E-state index in [1.807, 2.05) is 13.0 Å². The molecule has 1 aromatic heterocycles. The molecule has 0 amide bonds. The summed E-state index contributed by atoms with van der Waals surface area (Å²) in [5.74, 6) is 0.816. The van der Waals surface area contributed by atoms with Gasteiger partial charge in [-0.3, -0.25) is 4.72 Å². The van der Waals surface area contributed by atoms with Gasteiger partial charge in [0, 0.05) is 36.2 Å². The molecular formula is C22H24FN5O3S. The second-order valence-corrected chi connectivity index (χ2v) is 9.16. The van der Waals surface area contributed by atoms with Crippen LogP contribution in [0.15, 0.2) is 53.4 Å². The highest BCUT2D eigenvalue weighted by atomic mass is 32.2. The van der Waals surface area contributed by atoms with Crippen molar-refractivity contribution in [1.29, 1.82) is 0 Å². The SMILES string of the molecule is Cc1cc(N2CCOCC2)nc(Nc2ccc(NS(=O)(=O)c3ccc(F)cc3C)cc2)n1. The van der Waals surface area contributed by atoms with Gasteiger partial charge in [-0.15, -0.1) is 0 Å². The van der Waals surface area contributed by atoms with Crippen LogP contribution in [0.4, 0.5) is 27.5 Å². The van der Waals surface area contributed by atoms with E-state index in [4.69, 9.17) is 4.74 Å². The van der Waals surface area contributed by atoms with Crippen LogP contribution in [-0.4, -0.2) is 44.7 Å². The molecule has 0 radical (unpaired) electrons. The molecule has 0 atom stereocenters.